The summed E-state index contributed by atoms with van der Waals surface area (Å²) in [5, 5.41) is 3.15. The first-order chi connectivity index (χ1) is 11.4. The Bertz CT molecular complexity index is 657. The van der Waals surface area contributed by atoms with Crippen LogP contribution in [0.1, 0.15) is 5.69 Å². The highest BCUT2D eigenvalue weighted by atomic mass is 127. The fourth-order valence-corrected chi connectivity index (χ4v) is 5.10. The van der Waals surface area contributed by atoms with E-state index in [1.165, 1.54) is 5.69 Å². The number of aromatic nitrogens is 1. The minimum absolute atomic E-state index is 0. The summed E-state index contributed by atoms with van der Waals surface area (Å²) < 4.78 is 28.3. The molecule has 0 aliphatic carbocycles. The topological polar surface area (TPSA) is 69.9 Å². The number of nitrogens with zero attached hydrogens (tertiary/aromatic N) is 4. The summed E-state index contributed by atoms with van der Waals surface area (Å²) in [4.78, 5) is 6.23. The van der Waals surface area contributed by atoms with Gasteiger partial charge in [-0.25, -0.2) is 12.7 Å². The molecule has 0 bridgehead atoms. The van der Waals surface area contributed by atoms with Gasteiger partial charge in [0, 0.05) is 64.2 Å². The zero-order valence-electron chi connectivity index (χ0n) is 15.0. The van der Waals surface area contributed by atoms with Gasteiger partial charge in [-0.1, -0.05) is 0 Å². The van der Waals surface area contributed by atoms with Crippen molar-refractivity contribution in [1.29, 1.82) is 0 Å². The van der Waals surface area contributed by atoms with Crippen LogP contribution in [-0.2, 0) is 23.6 Å². The van der Waals surface area contributed by atoms with Crippen molar-refractivity contribution >= 4 is 51.7 Å². The normalized spacial score (nSPS) is 16.4. The van der Waals surface area contributed by atoms with E-state index in [0.29, 0.717) is 32.1 Å². The van der Waals surface area contributed by atoms with Crippen molar-refractivity contribution in [3.8, 4) is 0 Å². The summed E-state index contributed by atoms with van der Waals surface area (Å²) in [6.07, 6.45) is 2.00. The molecule has 1 aliphatic rings. The van der Waals surface area contributed by atoms with E-state index in [1.54, 1.807) is 23.1 Å². The molecule has 0 unspecified atom stereocenters. The first-order valence-electron chi connectivity index (χ1n) is 8.01. The van der Waals surface area contributed by atoms with Gasteiger partial charge in [0.1, 0.15) is 0 Å². The lowest BCUT2D eigenvalue weighted by molar-refractivity contribution is 0.441. The van der Waals surface area contributed by atoms with Crippen molar-refractivity contribution in [2.24, 2.45) is 12.0 Å². The van der Waals surface area contributed by atoms with Crippen molar-refractivity contribution in [2.45, 2.75) is 6.54 Å². The molecule has 1 saturated heterocycles. The standard InChI is InChI=1S/C15H27N5O2S2.HI/c1-16-15(19(3)13-14-5-4-7-18(14)2)17-6-12-24(21,22)20-8-10-23-11-9-20;/h4-5,7H,6,8-13H2,1-3H3,(H,16,17);1H. The van der Waals surface area contributed by atoms with Crippen LogP contribution in [0.15, 0.2) is 23.3 Å². The third-order valence-electron chi connectivity index (χ3n) is 4.03. The molecule has 0 spiro atoms. The van der Waals surface area contributed by atoms with E-state index in [4.69, 9.17) is 0 Å². The maximum atomic E-state index is 12.3. The molecule has 0 atom stereocenters. The Balaban J connectivity index is 0.00000312. The molecule has 0 radical (unpaired) electrons. The van der Waals surface area contributed by atoms with Crippen LogP contribution in [0.3, 0.4) is 0 Å². The van der Waals surface area contributed by atoms with Gasteiger partial charge in [0.25, 0.3) is 0 Å². The number of hydrogen-bond acceptors (Lipinski definition) is 4. The van der Waals surface area contributed by atoms with Crippen molar-refractivity contribution in [1.82, 2.24) is 19.1 Å². The quantitative estimate of drug-likeness (QED) is 0.358. The minimum atomic E-state index is -3.19. The molecule has 0 aromatic carbocycles. The highest BCUT2D eigenvalue weighted by Gasteiger charge is 2.23. The number of sulfonamides is 1. The Morgan fingerprint density at radius 3 is 2.64 bits per heavy atom. The summed E-state index contributed by atoms with van der Waals surface area (Å²) in [6.45, 7) is 2.31. The second-order valence-corrected chi connectivity index (χ2v) is 9.08. The molecular weight excluding hydrogens is 473 g/mol. The van der Waals surface area contributed by atoms with Gasteiger partial charge in [-0.3, -0.25) is 4.99 Å². The molecule has 0 saturated carbocycles. The molecule has 144 valence electrons. The van der Waals surface area contributed by atoms with Crippen molar-refractivity contribution < 1.29 is 8.42 Å². The maximum absolute atomic E-state index is 12.3. The van der Waals surface area contributed by atoms with Crippen LogP contribution in [0.25, 0.3) is 0 Å². The third kappa shape index (κ3) is 6.65. The number of nitrogens with one attached hydrogen (secondary N) is 1. The highest BCUT2D eigenvalue weighted by molar-refractivity contribution is 14.0. The molecular formula is C15H28IN5O2S2. The number of aliphatic imine (C=N–C) groups is 1. The molecule has 0 amide bonds. The number of thioether (sulfide) groups is 1. The molecule has 1 aromatic rings. The Labute approximate surface area is 172 Å². The van der Waals surface area contributed by atoms with E-state index >= 15 is 0 Å². The van der Waals surface area contributed by atoms with E-state index in [9.17, 15) is 8.42 Å². The van der Waals surface area contributed by atoms with E-state index in [-0.39, 0.29) is 29.7 Å². The lowest BCUT2D eigenvalue weighted by Gasteiger charge is -2.26. The zero-order valence-corrected chi connectivity index (χ0v) is 19.0. The van der Waals surface area contributed by atoms with E-state index < -0.39 is 10.0 Å². The largest absolute Gasteiger partial charge is 0.355 e. The number of rotatable bonds is 6. The van der Waals surface area contributed by atoms with Crippen molar-refractivity contribution in [3.63, 3.8) is 0 Å². The van der Waals surface area contributed by atoms with Crippen LogP contribution in [-0.4, -0.2) is 79.1 Å². The number of guanidine groups is 1. The number of halogens is 1. The van der Waals surface area contributed by atoms with Gasteiger partial charge < -0.3 is 14.8 Å². The fraction of sp³-hybridized carbons (Fsp3) is 0.667. The van der Waals surface area contributed by atoms with Crippen molar-refractivity contribution in [3.05, 3.63) is 24.0 Å². The number of hydrogen-bond donors (Lipinski definition) is 1. The summed E-state index contributed by atoms with van der Waals surface area (Å²) in [5.74, 6) is 2.55. The highest BCUT2D eigenvalue weighted by Crippen LogP contribution is 2.13. The molecule has 1 aromatic heterocycles. The Morgan fingerprint density at radius 1 is 1.40 bits per heavy atom. The lowest BCUT2D eigenvalue weighted by Crippen LogP contribution is -2.44. The van der Waals surface area contributed by atoms with Gasteiger partial charge in [-0.15, -0.1) is 24.0 Å². The average Bonchev–Trinajstić information content (AvgIpc) is 2.97. The Hall–Kier alpha value is -0.460. The molecule has 1 aliphatic heterocycles. The SMILES string of the molecule is CN=C(NCCS(=O)(=O)N1CCSCC1)N(C)Cc1cccn1C.I. The summed E-state index contributed by atoms with van der Waals surface area (Å²) in [6, 6.07) is 4.06. The Kier molecular flexibility index (Phi) is 9.60. The van der Waals surface area contributed by atoms with E-state index in [2.05, 4.69) is 20.9 Å². The van der Waals surface area contributed by atoms with E-state index in [1.807, 2.05) is 31.3 Å². The first-order valence-corrected chi connectivity index (χ1v) is 10.8. The van der Waals surface area contributed by atoms with Gasteiger partial charge in [0.2, 0.25) is 10.0 Å². The molecule has 2 rings (SSSR count). The van der Waals surface area contributed by atoms with Gasteiger partial charge >= 0.3 is 0 Å². The van der Waals surface area contributed by atoms with Crippen LogP contribution >= 0.6 is 35.7 Å². The maximum Gasteiger partial charge on any atom is 0.215 e. The van der Waals surface area contributed by atoms with Gasteiger partial charge in [0.15, 0.2) is 5.96 Å². The smallest absolute Gasteiger partial charge is 0.215 e. The average molecular weight is 501 g/mol. The molecule has 1 fully saturated rings. The summed E-state index contributed by atoms with van der Waals surface area (Å²) >= 11 is 1.80. The van der Waals surface area contributed by atoms with Crippen LogP contribution in [0.5, 0.6) is 0 Å². The fourth-order valence-electron chi connectivity index (χ4n) is 2.61. The van der Waals surface area contributed by atoms with Gasteiger partial charge in [-0.2, -0.15) is 11.8 Å². The van der Waals surface area contributed by atoms with Gasteiger partial charge in [-0.05, 0) is 12.1 Å². The van der Waals surface area contributed by atoms with Crippen LogP contribution < -0.4 is 5.32 Å². The zero-order chi connectivity index (χ0) is 17.6. The predicted octanol–water partition coefficient (Wildman–Crippen LogP) is 1.03. The second kappa shape index (κ2) is 10.6. The van der Waals surface area contributed by atoms with Crippen LogP contribution in [0.4, 0.5) is 0 Å². The third-order valence-corrected chi connectivity index (χ3v) is 6.84. The molecule has 7 nitrogen and oxygen atoms in total. The molecule has 1 N–H and O–H groups in total. The van der Waals surface area contributed by atoms with Crippen molar-refractivity contribution in [2.75, 3.05) is 51.0 Å². The Morgan fingerprint density at radius 2 is 2.08 bits per heavy atom. The molecule has 10 heteroatoms. The lowest BCUT2D eigenvalue weighted by atomic mass is 10.4. The first kappa shape index (κ1) is 22.6. The van der Waals surface area contributed by atoms with Gasteiger partial charge in [0.05, 0.1) is 12.3 Å². The van der Waals surface area contributed by atoms with Crippen LogP contribution in [0.2, 0.25) is 0 Å². The van der Waals surface area contributed by atoms with E-state index in [0.717, 1.165) is 11.5 Å². The number of aryl methyl sites for hydroxylation is 1. The summed E-state index contributed by atoms with van der Waals surface area (Å²) in [5.41, 5.74) is 1.17. The molecule has 2 heterocycles. The second-order valence-electron chi connectivity index (χ2n) is 5.77. The summed E-state index contributed by atoms with van der Waals surface area (Å²) in [7, 11) is 2.46. The minimum Gasteiger partial charge on any atom is -0.355 e. The predicted molar refractivity (Wildman–Crippen MR) is 116 cm³/mol. The molecule has 25 heavy (non-hydrogen) atoms. The monoisotopic (exact) mass is 501 g/mol. The van der Waals surface area contributed by atoms with Crippen LogP contribution in [0, 0.1) is 0 Å².